The highest BCUT2D eigenvalue weighted by Crippen LogP contribution is 2.25. The Labute approximate surface area is 119 Å². The molecule has 0 aliphatic carbocycles. The van der Waals surface area contributed by atoms with Crippen LogP contribution in [0.1, 0.15) is 23.2 Å². The second-order valence-electron chi connectivity index (χ2n) is 4.12. The first kappa shape index (κ1) is 13.0. The van der Waals surface area contributed by atoms with Crippen LogP contribution in [-0.2, 0) is 0 Å². The van der Waals surface area contributed by atoms with Gasteiger partial charge in [-0.2, -0.15) is 0 Å². The van der Waals surface area contributed by atoms with E-state index in [-0.39, 0.29) is 17.7 Å². The van der Waals surface area contributed by atoms with Crippen LogP contribution in [0.3, 0.4) is 0 Å². The van der Waals surface area contributed by atoms with Crippen molar-refractivity contribution in [3.05, 3.63) is 27.3 Å². The van der Waals surface area contributed by atoms with Gasteiger partial charge in [0.1, 0.15) is 5.75 Å². The van der Waals surface area contributed by atoms with Crippen LogP contribution in [0.4, 0.5) is 0 Å². The van der Waals surface area contributed by atoms with Gasteiger partial charge in [0.05, 0.1) is 3.57 Å². The fourth-order valence-corrected chi connectivity index (χ4v) is 2.73. The van der Waals surface area contributed by atoms with E-state index >= 15 is 0 Å². The van der Waals surface area contributed by atoms with Crippen LogP contribution < -0.4 is 0 Å². The number of rotatable bonds is 2. The molecule has 3 nitrogen and oxygen atoms in total. The van der Waals surface area contributed by atoms with Gasteiger partial charge in [-0.1, -0.05) is 0 Å². The summed E-state index contributed by atoms with van der Waals surface area (Å²) in [6.45, 7) is 0.753. The van der Waals surface area contributed by atoms with Gasteiger partial charge in [0.2, 0.25) is 0 Å². The number of alkyl halides is 1. The molecule has 1 aliphatic heterocycles. The zero-order chi connectivity index (χ0) is 12.4. The van der Waals surface area contributed by atoms with Crippen molar-refractivity contribution in [1.29, 1.82) is 0 Å². The third-order valence-corrected chi connectivity index (χ3v) is 4.28. The topological polar surface area (TPSA) is 40.5 Å². The van der Waals surface area contributed by atoms with Gasteiger partial charge in [-0.25, -0.2) is 0 Å². The van der Waals surface area contributed by atoms with Crippen LogP contribution in [0, 0.1) is 3.57 Å². The predicted octanol–water partition coefficient (Wildman–Crippen LogP) is 2.84. The summed E-state index contributed by atoms with van der Waals surface area (Å²) >= 11 is 7.87. The molecule has 0 radical (unpaired) electrons. The van der Waals surface area contributed by atoms with Crippen molar-refractivity contribution in [3.63, 3.8) is 0 Å². The summed E-state index contributed by atoms with van der Waals surface area (Å²) in [5.41, 5.74) is 0.528. The summed E-state index contributed by atoms with van der Waals surface area (Å²) in [7, 11) is 0. The number of phenolic OH excluding ortho intramolecular Hbond substituents is 1. The average Bonchev–Trinajstić information content (AvgIpc) is 2.80. The number of benzene rings is 1. The molecule has 0 spiro atoms. The fourth-order valence-electron chi connectivity index (χ4n) is 2.08. The molecule has 17 heavy (non-hydrogen) atoms. The molecule has 0 saturated carbocycles. The number of carbonyl (C=O) groups is 1. The van der Waals surface area contributed by atoms with Crippen LogP contribution >= 0.6 is 34.2 Å². The number of likely N-dealkylation sites (tertiary alicyclic amines) is 1. The second-order valence-corrected chi connectivity index (χ2v) is 5.59. The maximum Gasteiger partial charge on any atom is 0.254 e. The van der Waals surface area contributed by atoms with Crippen molar-refractivity contribution in [3.8, 4) is 5.75 Å². The fraction of sp³-hybridized carbons (Fsp3) is 0.417. The number of phenols is 1. The minimum Gasteiger partial charge on any atom is -0.507 e. The number of halogens is 2. The first-order valence-electron chi connectivity index (χ1n) is 5.49. The van der Waals surface area contributed by atoms with Crippen molar-refractivity contribution in [1.82, 2.24) is 4.90 Å². The molecule has 0 aromatic heterocycles. The molecule has 1 aromatic carbocycles. The molecule has 1 atom stereocenters. The molecule has 1 N–H and O–H groups in total. The molecular formula is C12H13ClINO2. The molecule has 1 aromatic rings. The highest BCUT2D eigenvalue weighted by atomic mass is 127. The van der Waals surface area contributed by atoms with Gasteiger partial charge in [-0.15, -0.1) is 11.6 Å². The molecular weight excluding hydrogens is 352 g/mol. The monoisotopic (exact) mass is 365 g/mol. The number of nitrogens with zero attached hydrogens (tertiary/aromatic N) is 1. The zero-order valence-electron chi connectivity index (χ0n) is 9.20. The molecule has 5 heteroatoms. The molecule has 0 bridgehead atoms. The normalized spacial score (nSPS) is 19.6. The standard InChI is InChI=1S/C12H13ClINO2/c13-7-9-2-1-5-15(9)12(17)8-3-4-10(14)11(16)6-8/h3-4,6,9,16H,1-2,5,7H2. The van der Waals surface area contributed by atoms with Gasteiger partial charge in [-0.3, -0.25) is 4.79 Å². The van der Waals surface area contributed by atoms with Gasteiger partial charge in [0.25, 0.3) is 5.91 Å². The molecule has 92 valence electrons. The van der Waals surface area contributed by atoms with Crippen molar-refractivity contribution >= 4 is 40.1 Å². The van der Waals surface area contributed by atoms with Crippen molar-refractivity contribution in [2.45, 2.75) is 18.9 Å². The Morgan fingerprint density at radius 1 is 1.59 bits per heavy atom. The van der Waals surface area contributed by atoms with E-state index in [9.17, 15) is 9.90 Å². The van der Waals surface area contributed by atoms with Gasteiger partial charge >= 0.3 is 0 Å². The van der Waals surface area contributed by atoms with E-state index in [2.05, 4.69) is 0 Å². The highest BCUT2D eigenvalue weighted by molar-refractivity contribution is 14.1. The first-order valence-corrected chi connectivity index (χ1v) is 7.10. The van der Waals surface area contributed by atoms with E-state index in [4.69, 9.17) is 11.6 Å². The Hall–Kier alpha value is -0.490. The third kappa shape index (κ3) is 2.68. The number of amides is 1. The van der Waals surface area contributed by atoms with Gasteiger partial charge < -0.3 is 10.0 Å². The summed E-state index contributed by atoms with van der Waals surface area (Å²) in [6, 6.07) is 5.14. The maximum atomic E-state index is 12.2. The molecule has 1 heterocycles. The Morgan fingerprint density at radius 2 is 2.35 bits per heavy atom. The Morgan fingerprint density at radius 3 is 3.00 bits per heavy atom. The SMILES string of the molecule is O=C(c1ccc(I)c(O)c1)N1CCCC1CCl. The van der Waals surface area contributed by atoms with Crippen molar-refractivity contribution in [2.75, 3.05) is 12.4 Å². The van der Waals surface area contributed by atoms with Crippen LogP contribution in [0.5, 0.6) is 5.75 Å². The van der Waals surface area contributed by atoms with E-state index in [0.29, 0.717) is 11.4 Å². The minimum atomic E-state index is -0.0418. The molecule has 1 unspecified atom stereocenters. The van der Waals surface area contributed by atoms with Gasteiger partial charge in [-0.05, 0) is 53.6 Å². The van der Waals surface area contributed by atoms with Crippen LogP contribution in [0.15, 0.2) is 18.2 Å². The summed E-state index contributed by atoms with van der Waals surface area (Å²) < 4.78 is 0.745. The summed E-state index contributed by atoms with van der Waals surface area (Å²) in [5, 5.41) is 9.61. The predicted molar refractivity (Wildman–Crippen MR) is 75.6 cm³/mol. The lowest BCUT2D eigenvalue weighted by Gasteiger charge is -2.23. The summed E-state index contributed by atoms with van der Waals surface area (Å²) in [4.78, 5) is 14.0. The summed E-state index contributed by atoms with van der Waals surface area (Å²) in [5.74, 6) is 0.583. The minimum absolute atomic E-state index is 0.0418. The summed E-state index contributed by atoms with van der Waals surface area (Å²) in [6.07, 6.45) is 1.96. The zero-order valence-corrected chi connectivity index (χ0v) is 12.1. The number of aromatic hydroxyl groups is 1. The quantitative estimate of drug-likeness (QED) is 0.647. The van der Waals surface area contributed by atoms with Crippen LogP contribution in [0.25, 0.3) is 0 Å². The lowest BCUT2D eigenvalue weighted by Crippen LogP contribution is -2.36. The van der Waals surface area contributed by atoms with Crippen LogP contribution in [-0.4, -0.2) is 34.4 Å². The molecule has 1 fully saturated rings. The smallest absolute Gasteiger partial charge is 0.254 e. The highest BCUT2D eigenvalue weighted by Gasteiger charge is 2.28. The van der Waals surface area contributed by atoms with E-state index in [1.165, 1.54) is 6.07 Å². The average molecular weight is 366 g/mol. The Kier molecular flexibility index (Phi) is 4.14. The first-order chi connectivity index (χ1) is 8.13. The van der Waals surface area contributed by atoms with E-state index in [1.54, 1.807) is 17.0 Å². The molecule has 1 amide bonds. The number of carbonyl (C=O) groups excluding carboxylic acids is 1. The van der Waals surface area contributed by atoms with Crippen molar-refractivity contribution in [2.24, 2.45) is 0 Å². The van der Waals surface area contributed by atoms with Crippen LogP contribution in [0.2, 0.25) is 0 Å². The van der Waals surface area contributed by atoms with E-state index < -0.39 is 0 Å². The van der Waals surface area contributed by atoms with E-state index in [1.807, 2.05) is 22.6 Å². The molecule has 1 aliphatic rings. The lowest BCUT2D eigenvalue weighted by atomic mass is 10.1. The van der Waals surface area contributed by atoms with Gasteiger partial charge in [0.15, 0.2) is 0 Å². The maximum absolute atomic E-state index is 12.2. The second kappa shape index (κ2) is 5.44. The lowest BCUT2D eigenvalue weighted by molar-refractivity contribution is 0.0748. The molecule has 1 saturated heterocycles. The molecule has 2 rings (SSSR count). The van der Waals surface area contributed by atoms with Gasteiger partial charge in [0, 0.05) is 24.0 Å². The van der Waals surface area contributed by atoms with E-state index in [0.717, 1.165) is 23.0 Å². The Balaban J connectivity index is 2.21. The third-order valence-electron chi connectivity index (χ3n) is 3.01. The largest absolute Gasteiger partial charge is 0.507 e. The number of hydrogen-bond donors (Lipinski definition) is 1. The number of hydrogen-bond acceptors (Lipinski definition) is 2. The Bertz CT molecular complexity index is 439. The van der Waals surface area contributed by atoms with Crippen molar-refractivity contribution < 1.29 is 9.90 Å².